The molecule has 0 aliphatic carbocycles. The third kappa shape index (κ3) is 5.28. The van der Waals surface area contributed by atoms with Gasteiger partial charge in [-0.25, -0.2) is 0 Å². The molecule has 1 fully saturated rings. The highest BCUT2D eigenvalue weighted by molar-refractivity contribution is 5.89. The number of ether oxygens (including phenoxy) is 1. The molecule has 1 unspecified atom stereocenters. The van der Waals surface area contributed by atoms with Crippen LogP contribution < -0.4 is 10.1 Å². The molecule has 1 heterocycles. The molecule has 2 aromatic rings. The summed E-state index contributed by atoms with van der Waals surface area (Å²) in [6, 6.07) is 14.0. The highest BCUT2D eigenvalue weighted by Crippen LogP contribution is 2.21. The molecule has 1 aliphatic rings. The van der Waals surface area contributed by atoms with Crippen molar-refractivity contribution >= 4 is 11.8 Å². The van der Waals surface area contributed by atoms with Crippen LogP contribution in [0.25, 0.3) is 0 Å². The van der Waals surface area contributed by atoms with E-state index in [1.165, 1.54) is 12.1 Å². The summed E-state index contributed by atoms with van der Waals surface area (Å²) in [7, 11) is 0. The van der Waals surface area contributed by atoms with E-state index in [-0.39, 0.29) is 36.4 Å². The summed E-state index contributed by atoms with van der Waals surface area (Å²) >= 11 is 0. The van der Waals surface area contributed by atoms with Gasteiger partial charge in [-0.15, -0.1) is 0 Å². The van der Waals surface area contributed by atoms with Crippen LogP contribution in [0.3, 0.4) is 0 Å². The zero-order chi connectivity index (χ0) is 20.1. The zero-order valence-electron chi connectivity index (χ0n) is 15.5. The number of alkyl halides is 2. The van der Waals surface area contributed by atoms with E-state index in [9.17, 15) is 18.4 Å². The standard InChI is InChI=1S/C21H22F2N2O3/c1-14-2-4-16(5-3-14)12-25-13-17(10-19(25)26)20(27)24-11-15-6-8-18(9-7-15)28-21(22)23/h2-9,17,21H,10-13H2,1H3,(H,24,27). The van der Waals surface area contributed by atoms with Crippen molar-refractivity contribution in [3.8, 4) is 5.75 Å². The van der Waals surface area contributed by atoms with Gasteiger partial charge in [-0.2, -0.15) is 8.78 Å². The number of hydrogen-bond donors (Lipinski definition) is 1. The molecular formula is C21H22F2N2O3. The summed E-state index contributed by atoms with van der Waals surface area (Å²) in [5.74, 6) is -0.542. The summed E-state index contributed by atoms with van der Waals surface area (Å²) < 4.78 is 28.6. The number of halogens is 2. The number of nitrogens with zero attached hydrogens (tertiary/aromatic N) is 1. The Labute approximate surface area is 162 Å². The maximum atomic E-state index is 12.4. The van der Waals surface area contributed by atoms with Crippen LogP contribution in [0, 0.1) is 12.8 Å². The van der Waals surface area contributed by atoms with Crippen molar-refractivity contribution in [2.75, 3.05) is 6.54 Å². The Bertz CT molecular complexity index is 823. The predicted octanol–water partition coefficient (Wildman–Crippen LogP) is 3.26. The molecule has 5 nitrogen and oxygen atoms in total. The lowest BCUT2D eigenvalue weighted by atomic mass is 10.1. The molecule has 148 valence electrons. The van der Waals surface area contributed by atoms with E-state index in [0.29, 0.717) is 13.1 Å². The first-order valence-electron chi connectivity index (χ1n) is 9.05. The van der Waals surface area contributed by atoms with E-state index in [1.807, 2.05) is 31.2 Å². The van der Waals surface area contributed by atoms with E-state index >= 15 is 0 Å². The molecule has 1 aliphatic heterocycles. The Kier molecular flexibility index (Phi) is 6.23. The van der Waals surface area contributed by atoms with Crippen molar-refractivity contribution < 1.29 is 23.1 Å². The van der Waals surface area contributed by atoms with Gasteiger partial charge in [0.1, 0.15) is 5.75 Å². The van der Waals surface area contributed by atoms with Gasteiger partial charge in [-0.05, 0) is 30.2 Å². The summed E-state index contributed by atoms with van der Waals surface area (Å²) in [5, 5.41) is 2.81. The molecule has 0 bridgehead atoms. The SMILES string of the molecule is Cc1ccc(CN2CC(C(=O)NCc3ccc(OC(F)F)cc3)CC2=O)cc1. The van der Waals surface area contributed by atoms with E-state index in [2.05, 4.69) is 10.1 Å². The molecule has 1 N–H and O–H groups in total. The number of carbonyl (C=O) groups is 2. The number of hydrogen-bond acceptors (Lipinski definition) is 3. The Hall–Kier alpha value is -2.96. The second kappa shape index (κ2) is 8.82. The minimum Gasteiger partial charge on any atom is -0.435 e. The number of rotatable bonds is 7. The topological polar surface area (TPSA) is 58.6 Å². The molecule has 0 aromatic heterocycles. The number of aryl methyl sites for hydroxylation is 1. The van der Waals surface area contributed by atoms with Crippen LogP contribution in [0.15, 0.2) is 48.5 Å². The summed E-state index contributed by atoms with van der Waals surface area (Å²) in [6.07, 6.45) is 0.193. The lowest BCUT2D eigenvalue weighted by molar-refractivity contribution is -0.129. The average molecular weight is 388 g/mol. The molecule has 2 aromatic carbocycles. The fourth-order valence-electron chi connectivity index (χ4n) is 3.14. The quantitative estimate of drug-likeness (QED) is 0.792. The molecule has 7 heteroatoms. The van der Waals surface area contributed by atoms with Crippen molar-refractivity contribution in [1.29, 1.82) is 0 Å². The van der Waals surface area contributed by atoms with Crippen LogP contribution in [0.5, 0.6) is 5.75 Å². The van der Waals surface area contributed by atoms with Crippen molar-refractivity contribution in [1.82, 2.24) is 10.2 Å². The second-order valence-electron chi connectivity index (χ2n) is 6.90. The van der Waals surface area contributed by atoms with Gasteiger partial charge >= 0.3 is 6.61 Å². The number of nitrogens with one attached hydrogen (secondary N) is 1. The number of amides is 2. The monoisotopic (exact) mass is 388 g/mol. The van der Waals surface area contributed by atoms with E-state index in [1.54, 1.807) is 17.0 Å². The number of likely N-dealkylation sites (tertiary alicyclic amines) is 1. The third-order valence-electron chi connectivity index (χ3n) is 4.69. The third-order valence-corrected chi connectivity index (χ3v) is 4.69. The van der Waals surface area contributed by atoms with Gasteiger partial charge in [-0.1, -0.05) is 42.0 Å². The zero-order valence-corrected chi connectivity index (χ0v) is 15.5. The second-order valence-corrected chi connectivity index (χ2v) is 6.90. The highest BCUT2D eigenvalue weighted by atomic mass is 19.3. The van der Waals surface area contributed by atoms with Crippen molar-refractivity contribution in [2.45, 2.75) is 33.0 Å². The van der Waals surface area contributed by atoms with E-state index < -0.39 is 6.61 Å². The molecule has 1 saturated heterocycles. The molecule has 3 rings (SSSR count). The highest BCUT2D eigenvalue weighted by Gasteiger charge is 2.34. The largest absolute Gasteiger partial charge is 0.435 e. The summed E-state index contributed by atoms with van der Waals surface area (Å²) in [5.41, 5.74) is 2.95. The maximum absolute atomic E-state index is 12.4. The van der Waals surface area contributed by atoms with Gasteiger partial charge in [0.25, 0.3) is 0 Å². The first-order chi connectivity index (χ1) is 13.4. The first-order valence-corrected chi connectivity index (χ1v) is 9.05. The van der Waals surface area contributed by atoms with Gasteiger partial charge in [0.05, 0.1) is 5.92 Å². The molecular weight excluding hydrogens is 366 g/mol. The van der Waals surface area contributed by atoms with E-state index in [4.69, 9.17) is 0 Å². The van der Waals surface area contributed by atoms with Crippen LogP contribution in [0.1, 0.15) is 23.1 Å². The first kappa shape index (κ1) is 19.8. The van der Waals surface area contributed by atoms with Crippen LogP contribution in [-0.2, 0) is 22.7 Å². The van der Waals surface area contributed by atoms with Gasteiger partial charge in [0, 0.05) is 26.1 Å². The Balaban J connectivity index is 1.49. The molecule has 0 radical (unpaired) electrons. The molecule has 0 spiro atoms. The van der Waals surface area contributed by atoms with Crippen molar-refractivity contribution in [3.05, 3.63) is 65.2 Å². The predicted molar refractivity (Wildman–Crippen MR) is 99.6 cm³/mol. The van der Waals surface area contributed by atoms with Crippen LogP contribution in [-0.4, -0.2) is 29.9 Å². The van der Waals surface area contributed by atoms with Gasteiger partial charge in [0.15, 0.2) is 0 Å². The minimum absolute atomic E-state index is 0.0331. The van der Waals surface area contributed by atoms with Gasteiger partial charge < -0.3 is 15.0 Å². The number of carbonyl (C=O) groups excluding carboxylic acids is 2. The molecule has 1 atom stereocenters. The van der Waals surface area contributed by atoms with Crippen LogP contribution in [0.4, 0.5) is 8.78 Å². The lowest BCUT2D eigenvalue weighted by Crippen LogP contribution is -2.32. The Morgan fingerprint density at radius 1 is 1.14 bits per heavy atom. The smallest absolute Gasteiger partial charge is 0.387 e. The van der Waals surface area contributed by atoms with Crippen LogP contribution >= 0.6 is 0 Å². The fourth-order valence-corrected chi connectivity index (χ4v) is 3.14. The van der Waals surface area contributed by atoms with Crippen molar-refractivity contribution in [2.24, 2.45) is 5.92 Å². The fraction of sp³-hybridized carbons (Fsp3) is 0.333. The summed E-state index contributed by atoms with van der Waals surface area (Å²) in [6.45, 7) is 0.281. The van der Waals surface area contributed by atoms with E-state index in [0.717, 1.165) is 16.7 Å². The normalized spacial score (nSPS) is 16.5. The lowest BCUT2D eigenvalue weighted by Gasteiger charge is -2.17. The minimum atomic E-state index is -2.87. The Morgan fingerprint density at radius 2 is 1.79 bits per heavy atom. The molecule has 2 amide bonds. The summed E-state index contributed by atoms with van der Waals surface area (Å²) in [4.78, 5) is 26.3. The van der Waals surface area contributed by atoms with Crippen LogP contribution in [0.2, 0.25) is 0 Å². The van der Waals surface area contributed by atoms with Crippen molar-refractivity contribution in [3.63, 3.8) is 0 Å². The molecule has 28 heavy (non-hydrogen) atoms. The average Bonchev–Trinajstić information content (AvgIpc) is 3.03. The maximum Gasteiger partial charge on any atom is 0.387 e. The van der Waals surface area contributed by atoms with Gasteiger partial charge in [-0.3, -0.25) is 9.59 Å². The Morgan fingerprint density at radius 3 is 2.43 bits per heavy atom. The number of benzene rings is 2. The van der Waals surface area contributed by atoms with Gasteiger partial charge in [0.2, 0.25) is 11.8 Å². The molecule has 0 saturated carbocycles.